The van der Waals surface area contributed by atoms with Crippen LogP contribution in [0.2, 0.25) is 10.0 Å². The van der Waals surface area contributed by atoms with Crippen molar-refractivity contribution >= 4 is 61.3 Å². The molecule has 0 radical (unpaired) electrons. The summed E-state index contributed by atoms with van der Waals surface area (Å²) in [7, 11) is -3.77. The summed E-state index contributed by atoms with van der Waals surface area (Å²) in [4.78, 5) is 17.0. The van der Waals surface area contributed by atoms with Gasteiger partial charge in [-0.2, -0.15) is 0 Å². The molecule has 0 atom stereocenters. The van der Waals surface area contributed by atoms with E-state index >= 15 is 0 Å². The van der Waals surface area contributed by atoms with Gasteiger partial charge < -0.3 is 0 Å². The number of thiazole rings is 1. The van der Waals surface area contributed by atoms with Crippen molar-refractivity contribution in [3.05, 3.63) is 93.8 Å². The van der Waals surface area contributed by atoms with Crippen molar-refractivity contribution in [1.29, 1.82) is 0 Å². The number of rotatable bonds is 6. The molecule has 1 aromatic heterocycles. The smallest absolute Gasteiger partial charge is 0.261 e. The second kappa shape index (κ2) is 9.30. The third-order valence-corrected chi connectivity index (χ3v) is 7.11. The van der Waals surface area contributed by atoms with Crippen molar-refractivity contribution in [2.24, 2.45) is 0 Å². The van der Waals surface area contributed by atoms with E-state index in [0.29, 0.717) is 37.7 Å². The van der Waals surface area contributed by atoms with Crippen molar-refractivity contribution in [2.75, 3.05) is 10.0 Å². The summed E-state index contributed by atoms with van der Waals surface area (Å²) in [5, 5.41) is 5.70. The molecular weight excluding hydrogens is 489 g/mol. The zero-order chi connectivity index (χ0) is 22.7. The van der Waals surface area contributed by atoms with Gasteiger partial charge in [0.15, 0.2) is 5.13 Å². The summed E-state index contributed by atoms with van der Waals surface area (Å²) in [5.41, 5.74) is 2.02. The van der Waals surface area contributed by atoms with Crippen molar-refractivity contribution in [3.8, 4) is 11.3 Å². The van der Waals surface area contributed by atoms with Crippen molar-refractivity contribution in [3.63, 3.8) is 0 Å². The van der Waals surface area contributed by atoms with Gasteiger partial charge in [-0.1, -0.05) is 47.5 Å². The Kier molecular flexibility index (Phi) is 6.48. The molecule has 0 fully saturated rings. The Morgan fingerprint density at radius 1 is 0.938 bits per heavy atom. The first-order valence-electron chi connectivity index (χ1n) is 9.22. The van der Waals surface area contributed by atoms with Gasteiger partial charge in [-0.25, -0.2) is 13.4 Å². The Bertz CT molecular complexity index is 1390. The molecule has 10 heteroatoms. The minimum Gasteiger partial charge on any atom is -0.298 e. The second-order valence-electron chi connectivity index (χ2n) is 6.61. The molecule has 0 aliphatic heterocycles. The maximum atomic E-state index is 12.6. The van der Waals surface area contributed by atoms with Crippen molar-refractivity contribution in [2.45, 2.75) is 4.90 Å². The third-order valence-electron chi connectivity index (χ3n) is 4.38. The molecule has 6 nitrogen and oxygen atoms in total. The van der Waals surface area contributed by atoms with E-state index in [4.69, 9.17) is 23.2 Å². The van der Waals surface area contributed by atoms with Crippen LogP contribution in [0.3, 0.4) is 0 Å². The third kappa shape index (κ3) is 5.11. The van der Waals surface area contributed by atoms with E-state index in [2.05, 4.69) is 15.0 Å². The number of aromatic nitrogens is 1. The fourth-order valence-electron chi connectivity index (χ4n) is 2.84. The predicted molar refractivity (Wildman–Crippen MR) is 129 cm³/mol. The van der Waals surface area contributed by atoms with Gasteiger partial charge in [-0.05, 0) is 48.5 Å². The van der Waals surface area contributed by atoms with Crippen LogP contribution in [0, 0.1) is 0 Å². The first kappa shape index (κ1) is 22.3. The molecule has 1 amide bonds. The van der Waals surface area contributed by atoms with Crippen LogP contribution < -0.4 is 10.0 Å². The highest BCUT2D eigenvalue weighted by Gasteiger charge is 2.16. The lowest BCUT2D eigenvalue weighted by Gasteiger charge is -2.09. The standard InChI is InChI=1S/C22H15Cl2N3O3S2/c23-15-8-10-17(11-9-15)32(29,30)27-16-5-3-4-14(12-16)20-13-31-22(25-20)26-21(28)18-6-1-2-7-19(18)24/h1-13,27H,(H,25,26,28). The van der Waals surface area contributed by atoms with E-state index in [1.54, 1.807) is 53.9 Å². The van der Waals surface area contributed by atoms with Crippen LogP contribution in [-0.4, -0.2) is 19.3 Å². The fourth-order valence-corrected chi connectivity index (χ4v) is 4.96. The number of carbonyl (C=O) groups excluding carboxylic acids is 1. The van der Waals surface area contributed by atoms with Crippen molar-refractivity contribution in [1.82, 2.24) is 4.98 Å². The lowest BCUT2D eigenvalue weighted by molar-refractivity contribution is 0.102. The van der Waals surface area contributed by atoms with Gasteiger partial charge in [0.2, 0.25) is 0 Å². The molecule has 0 saturated carbocycles. The van der Waals surface area contributed by atoms with Gasteiger partial charge in [-0.3, -0.25) is 14.8 Å². The molecular formula is C22H15Cl2N3O3S2. The number of nitrogens with zero attached hydrogens (tertiary/aromatic N) is 1. The van der Waals surface area contributed by atoms with Crippen LogP contribution in [-0.2, 0) is 10.0 Å². The van der Waals surface area contributed by atoms with Crippen LogP contribution in [0.4, 0.5) is 10.8 Å². The highest BCUT2D eigenvalue weighted by Crippen LogP contribution is 2.28. The maximum Gasteiger partial charge on any atom is 0.261 e. The molecule has 0 unspecified atom stereocenters. The Morgan fingerprint density at radius 2 is 1.69 bits per heavy atom. The Morgan fingerprint density at radius 3 is 2.44 bits per heavy atom. The fraction of sp³-hybridized carbons (Fsp3) is 0. The van der Waals surface area contributed by atoms with Crippen LogP contribution in [0.15, 0.2) is 83.1 Å². The molecule has 4 aromatic rings. The minimum absolute atomic E-state index is 0.102. The van der Waals surface area contributed by atoms with Gasteiger partial charge in [-0.15, -0.1) is 11.3 Å². The zero-order valence-electron chi connectivity index (χ0n) is 16.2. The van der Waals surface area contributed by atoms with E-state index in [-0.39, 0.29) is 10.8 Å². The number of hydrogen-bond donors (Lipinski definition) is 2. The molecule has 0 aliphatic carbocycles. The quantitative estimate of drug-likeness (QED) is 0.329. The first-order chi connectivity index (χ1) is 15.3. The van der Waals surface area contributed by atoms with Crippen LogP contribution in [0.5, 0.6) is 0 Å². The monoisotopic (exact) mass is 503 g/mol. The predicted octanol–water partition coefficient (Wildman–Crippen LogP) is 6.17. The average Bonchev–Trinajstić information content (AvgIpc) is 3.23. The van der Waals surface area contributed by atoms with Crippen LogP contribution >= 0.6 is 34.5 Å². The SMILES string of the molecule is O=C(Nc1nc(-c2cccc(NS(=O)(=O)c3ccc(Cl)cc3)c2)cs1)c1ccccc1Cl. The molecule has 0 saturated heterocycles. The van der Waals surface area contributed by atoms with E-state index in [1.165, 1.54) is 35.6 Å². The molecule has 2 N–H and O–H groups in total. The zero-order valence-corrected chi connectivity index (χ0v) is 19.4. The van der Waals surface area contributed by atoms with E-state index < -0.39 is 10.0 Å². The number of halogens is 2. The van der Waals surface area contributed by atoms with Gasteiger partial charge in [0.1, 0.15) is 0 Å². The van der Waals surface area contributed by atoms with Crippen molar-refractivity contribution < 1.29 is 13.2 Å². The average molecular weight is 504 g/mol. The first-order valence-corrected chi connectivity index (χ1v) is 12.3. The second-order valence-corrected chi connectivity index (χ2v) is 10.00. The Hall–Kier alpha value is -2.91. The minimum atomic E-state index is -3.77. The molecule has 0 aliphatic rings. The van der Waals surface area contributed by atoms with E-state index in [0.717, 1.165) is 0 Å². The van der Waals surface area contributed by atoms with Gasteiger partial charge in [0.25, 0.3) is 15.9 Å². The molecule has 4 rings (SSSR count). The summed E-state index contributed by atoms with van der Waals surface area (Å²) in [6.07, 6.45) is 0. The number of amides is 1. The lowest BCUT2D eigenvalue weighted by Crippen LogP contribution is -2.12. The number of nitrogens with one attached hydrogen (secondary N) is 2. The molecule has 3 aromatic carbocycles. The number of anilines is 2. The van der Waals surface area contributed by atoms with Gasteiger partial charge in [0, 0.05) is 21.7 Å². The van der Waals surface area contributed by atoms with Gasteiger partial charge >= 0.3 is 0 Å². The number of hydrogen-bond acceptors (Lipinski definition) is 5. The Labute approximate surface area is 198 Å². The summed E-state index contributed by atoms with van der Waals surface area (Å²) in [6.45, 7) is 0. The number of sulfonamides is 1. The summed E-state index contributed by atoms with van der Waals surface area (Å²) in [5.74, 6) is -0.360. The van der Waals surface area contributed by atoms with E-state index in [9.17, 15) is 13.2 Å². The Balaban J connectivity index is 1.52. The number of carbonyl (C=O) groups is 1. The molecule has 0 spiro atoms. The molecule has 1 heterocycles. The van der Waals surface area contributed by atoms with Gasteiger partial charge in [0.05, 0.1) is 21.2 Å². The summed E-state index contributed by atoms with van der Waals surface area (Å²) >= 11 is 13.2. The maximum absolute atomic E-state index is 12.6. The highest BCUT2D eigenvalue weighted by molar-refractivity contribution is 7.92. The molecule has 162 valence electrons. The topological polar surface area (TPSA) is 88.2 Å². The summed E-state index contributed by atoms with van der Waals surface area (Å²) in [6, 6.07) is 19.5. The molecule has 32 heavy (non-hydrogen) atoms. The summed E-state index contributed by atoms with van der Waals surface area (Å²) < 4.78 is 27.8. The van der Waals surface area contributed by atoms with Crippen LogP contribution in [0.1, 0.15) is 10.4 Å². The lowest BCUT2D eigenvalue weighted by atomic mass is 10.1. The number of benzene rings is 3. The normalized spacial score (nSPS) is 11.2. The molecule has 0 bridgehead atoms. The van der Waals surface area contributed by atoms with Crippen LogP contribution in [0.25, 0.3) is 11.3 Å². The largest absolute Gasteiger partial charge is 0.298 e. The highest BCUT2D eigenvalue weighted by atomic mass is 35.5. The van der Waals surface area contributed by atoms with E-state index in [1.807, 2.05) is 0 Å².